The molecule has 7 heteroatoms. The van der Waals surface area contributed by atoms with Gasteiger partial charge in [0.1, 0.15) is 11.4 Å². The molecular weight excluding hydrogens is 354 g/mol. The molecular formula is C21H29N5O2. The summed E-state index contributed by atoms with van der Waals surface area (Å²) in [6.07, 6.45) is 3.90. The van der Waals surface area contributed by atoms with Crippen molar-refractivity contribution in [2.24, 2.45) is 0 Å². The van der Waals surface area contributed by atoms with Crippen molar-refractivity contribution in [3.63, 3.8) is 0 Å². The molecule has 0 spiro atoms. The molecule has 3 N–H and O–H groups in total. The number of anilines is 1. The Bertz CT molecular complexity index is 862. The fraction of sp³-hybridized carbons (Fsp3) is 0.571. The predicted octanol–water partition coefficient (Wildman–Crippen LogP) is 2.65. The van der Waals surface area contributed by atoms with Crippen LogP contribution >= 0.6 is 0 Å². The van der Waals surface area contributed by atoms with E-state index in [1.807, 2.05) is 32.9 Å². The maximum atomic E-state index is 10.2. The largest absolute Gasteiger partial charge is 0.507 e. The van der Waals surface area contributed by atoms with E-state index in [0.717, 1.165) is 50.0 Å². The molecule has 2 aliphatic rings. The van der Waals surface area contributed by atoms with E-state index in [1.165, 1.54) is 0 Å². The van der Waals surface area contributed by atoms with Crippen LogP contribution in [0.5, 0.6) is 5.75 Å². The summed E-state index contributed by atoms with van der Waals surface area (Å²) < 4.78 is 0. The van der Waals surface area contributed by atoms with Gasteiger partial charge in [-0.2, -0.15) is 0 Å². The van der Waals surface area contributed by atoms with E-state index in [9.17, 15) is 10.2 Å². The van der Waals surface area contributed by atoms with Gasteiger partial charge in [-0.25, -0.2) is 4.98 Å². The summed E-state index contributed by atoms with van der Waals surface area (Å²) in [6, 6.07) is 6.27. The molecule has 2 aromatic rings. The smallest absolute Gasteiger partial charge is 0.243 e. The summed E-state index contributed by atoms with van der Waals surface area (Å²) >= 11 is 0. The number of aryl methyl sites for hydroxylation is 2. The van der Waals surface area contributed by atoms with Crippen LogP contribution in [0, 0.1) is 13.8 Å². The minimum Gasteiger partial charge on any atom is -0.507 e. The van der Waals surface area contributed by atoms with Crippen LogP contribution in [0.25, 0.3) is 11.3 Å². The normalized spacial score (nSPS) is 28.0. The lowest BCUT2D eigenvalue weighted by atomic mass is 9.76. The maximum Gasteiger partial charge on any atom is 0.243 e. The van der Waals surface area contributed by atoms with Gasteiger partial charge in [0.05, 0.1) is 11.3 Å². The summed E-state index contributed by atoms with van der Waals surface area (Å²) in [5.74, 6) is 0.722. The summed E-state index contributed by atoms with van der Waals surface area (Å²) in [7, 11) is 0. The van der Waals surface area contributed by atoms with E-state index in [1.54, 1.807) is 6.07 Å². The van der Waals surface area contributed by atoms with Crippen molar-refractivity contribution in [1.82, 2.24) is 20.1 Å². The van der Waals surface area contributed by atoms with Crippen LogP contribution in [0.3, 0.4) is 0 Å². The van der Waals surface area contributed by atoms with Gasteiger partial charge in [0, 0.05) is 24.2 Å². The molecule has 1 aliphatic carbocycles. The Balaban J connectivity index is 1.43. The highest BCUT2D eigenvalue weighted by molar-refractivity contribution is 5.68. The Morgan fingerprint density at radius 1 is 1.21 bits per heavy atom. The SMILES string of the molecule is Cc1ccc(-c2nnc(NC3CCCN(C4CC(C)(O)C4)C3)nc2C)c(O)c1. The Hall–Kier alpha value is -2.25. The van der Waals surface area contributed by atoms with E-state index >= 15 is 0 Å². The van der Waals surface area contributed by atoms with E-state index in [0.29, 0.717) is 23.2 Å². The Labute approximate surface area is 165 Å². The zero-order chi connectivity index (χ0) is 19.9. The van der Waals surface area contributed by atoms with Gasteiger partial charge in [-0.05, 0) is 70.7 Å². The highest BCUT2D eigenvalue weighted by Crippen LogP contribution is 2.36. The molecule has 1 saturated carbocycles. The van der Waals surface area contributed by atoms with Gasteiger partial charge in [-0.1, -0.05) is 6.07 Å². The van der Waals surface area contributed by atoms with Crippen molar-refractivity contribution in [2.75, 3.05) is 18.4 Å². The number of aromatic nitrogens is 3. The number of aromatic hydroxyl groups is 1. The number of hydrogen-bond acceptors (Lipinski definition) is 7. The summed E-state index contributed by atoms with van der Waals surface area (Å²) in [6.45, 7) is 7.76. The monoisotopic (exact) mass is 383 g/mol. The molecule has 1 saturated heterocycles. The van der Waals surface area contributed by atoms with E-state index in [4.69, 9.17) is 0 Å². The standard InChI is InChI=1S/C21H29N5O2/c1-13-6-7-17(18(27)9-13)19-14(2)22-20(25-24-19)23-15-5-4-8-26(12-15)16-10-21(3,28)11-16/h6-7,9,15-16,27-28H,4-5,8,10-12H2,1-3H3,(H,22,23,25). The van der Waals surface area contributed by atoms with E-state index in [-0.39, 0.29) is 11.8 Å². The second-order valence-electron chi connectivity index (χ2n) is 8.63. The van der Waals surface area contributed by atoms with Gasteiger partial charge in [-0.3, -0.25) is 4.90 Å². The number of likely N-dealkylation sites (tertiary alicyclic amines) is 1. The van der Waals surface area contributed by atoms with Crippen LogP contribution in [-0.4, -0.2) is 61.1 Å². The first-order valence-electron chi connectivity index (χ1n) is 10.0. The molecule has 1 atom stereocenters. The molecule has 2 heterocycles. The molecule has 7 nitrogen and oxygen atoms in total. The van der Waals surface area contributed by atoms with E-state index < -0.39 is 5.60 Å². The third kappa shape index (κ3) is 3.95. The summed E-state index contributed by atoms with van der Waals surface area (Å²) in [5.41, 5.74) is 2.49. The number of piperidine rings is 1. The first-order valence-corrected chi connectivity index (χ1v) is 10.0. The molecule has 0 bridgehead atoms. The van der Waals surface area contributed by atoms with Gasteiger partial charge < -0.3 is 15.5 Å². The third-order valence-electron chi connectivity index (χ3n) is 5.92. The third-order valence-corrected chi connectivity index (χ3v) is 5.92. The maximum absolute atomic E-state index is 10.2. The lowest BCUT2D eigenvalue weighted by Gasteiger charge is -2.49. The fourth-order valence-corrected chi connectivity index (χ4v) is 4.41. The van der Waals surface area contributed by atoms with Crippen molar-refractivity contribution in [1.29, 1.82) is 0 Å². The molecule has 150 valence electrons. The fourth-order valence-electron chi connectivity index (χ4n) is 4.41. The first kappa shape index (κ1) is 19.1. The average Bonchev–Trinajstić information content (AvgIpc) is 2.61. The van der Waals surface area contributed by atoms with Gasteiger partial charge in [0.2, 0.25) is 5.95 Å². The highest BCUT2D eigenvalue weighted by Gasteiger charge is 2.42. The number of aliphatic hydroxyl groups is 1. The van der Waals surface area contributed by atoms with Gasteiger partial charge in [-0.15, -0.1) is 10.2 Å². The van der Waals surface area contributed by atoms with Crippen LogP contribution in [0.4, 0.5) is 5.95 Å². The number of benzene rings is 1. The summed E-state index contributed by atoms with van der Waals surface area (Å²) in [5, 5.41) is 32.2. The van der Waals surface area contributed by atoms with Crippen LogP contribution in [-0.2, 0) is 0 Å². The number of nitrogens with zero attached hydrogens (tertiary/aromatic N) is 4. The lowest BCUT2D eigenvalue weighted by molar-refractivity contribution is -0.0823. The highest BCUT2D eigenvalue weighted by atomic mass is 16.3. The number of phenols is 1. The zero-order valence-electron chi connectivity index (χ0n) is 16.8. The second-order valence-corrected chi connectivity index (χ2v) is 8.63. The summed E-state index contributed by atoms with van der Waals surface area (Å²) in [4.78, 5) is 7.05. The molecule has 2 fully saturated rings. The molecule has 1 aromatic heterocycles. The van der Waals surface area contributed by atoms with Crippen molar-refractivity contribution in [3.05, 3.63) is 29.5 Å². The number of nitrogens with one attached hydrogen (secondary N) is 1. The lowest BCUT2D eigenvalue weighted by Crippen LogP contribution is -2.57. The van der Waals surface area contributed by atoms with Crippen LogP contribution in [0.1, 0.15) is 43.9 Å². The first-order chi connectivity index (χ1) is 13.3. The minimum atomic E-state index is -0.494. The van der Waals surface area contributed by atoms with Crippen molar-refractivity contribution in [3.8, 4) is 17.0 Å². The van der Waals surface area contributed by atoms with Crippen LogP contribution in [0.15, 0.2) is 18.2 Å². The molecule has 28 heavy (non-hydrogen) atoms. The van der Waals surface area contributed by atoms with Gasteiger partial charge in [0.15, 0.2) is 0 Å². The van der Waals surface area contributed by atoms with Gasteiger partial charge >= 0.3 is 0 Å². The molecule has 0 radical (unpaired) electrons. The van der Waals surface area contributed by atoms with Crippen molar-refractivity contribution in [2.45, 2.75) is 64.1 Å². The topological polar surface area (TPSA) is 94.4 Å². The minimum absolute atomic E-state index is 0.194. The van der Waals surface area contributed by atoms with Crippen molar-refractivity contribution < 1.29 is 10.2 Å². The molecule has 1 aliphatic heterocycles. The average molecular weight is 383 g/mol. The van der Waals surface area contributed by atoms with Gasteiger partial charge in [0.25, 0.3) is 0 Å². The van der Waals surface area contributed by atoms with Crippen LogP contribution < -0.4 is 5.32 Å². The number of hydrogen-bond donors (Lipinski definition) is 3. The molecule has 4 rings (SSSR count). The predicted molar refractivity (Wildman–Crippen MR) is 108 cm³/mol. The number of phenolic OH excluding ortho intramolecular Hbond substituents is 1. The van der Waals surface area contributed by atoms with Crippen LogP contribution in [0.2, 0.25) is 0 Å². The molecule has 0 amide bonds. The Morgan fingerprint density at radius 3 is 2.68 bits per heavy atom. The Morgan fingerprint density at radius 2 is 2.00 bits per heavy atom. The second kappa shape index (κ2) is 7.29. The quantitative estimate of drug-likeness (QED) is 0.747. The Kier molecular flexibility index (Phi) is 4.97. The molecule has 1 unspecified atom stereocenters. The zero-order valence-corrected chi connectivity index (χ0v) is 16.8. The number of rotatable bonds is 4. The van der Waals surface area contributed by atoms with Crippen molar-refractivity contribution >= 4 is 5.95 Å². The molecule has 1 aromatic carbocycles. The van der Waals surface area contributed by atoms with E-state index in [2.05, 4.69) is 25.4 Å².